The minimum atomic E-state index is 0.312. The van der Waals surface area contributed by atoms with Crippen molar-refractivity contribution in [2.75, 3.05) is 13.6 Å². The molecule has 4 nitrogen and oxygen atoms in total. The van der Waals surface area contributed by atoms with Crippen molar-refractivity contribution in [3.8, 4) is 11.5 Å². The fourth-order valence-corrected chi connectivity index (χ4v) is 3.51. The van der Waals surface area contributed by atoms with Gasteiger partial charge in [0.1, 0.15) is 11.5 Å². The molecule has 4 heteroatoms. The first-order valence-electron chi connectivity index (χ1n) is 9.49. The highest BCUT2D eigenvalue weighted by Crippen LogP contribution is 2.23. The Bertz CT molecular complexity index is 425. The third-order valence-electron chi connectivity index (χ3n) is 4.97. The van der Waals surface area contributed by atoms with E-state index in [0.717, 1.165) is 37.2 Å². The summed E-state index contributed by atoms with van der Waals surface area (Å²) in [4.78, 5) is 0. The Hall–Kier alpha value is -1.26. The molecule has 0 unspecified atom stereocenters. The molecule has 134 valence electrons. The molecule has 1 aromatic rings. The Morgan fingerprint density at radius 3 is 1.58 bits per heavy atom. The summed E-state index contributed by atoms with van der Waals surface area (Å²) >= 11 is 0. The minimum absolute atomic E-state index is 0.312. The van der Waals surface area contributed by atoms with Crippen molar-refractivity contribution >= 4 is 0 Å². The fraction of sp³-hybridized carbons (Fsp3) is 0.700. The van der Waals surface area contributed by atoms with Gasteiger partial charge in [-0.25, -0.2) is 0 Å². The van der Waals surface area contributed by atoms with E-state index < -0.39 is 0 Å². The van der Waals surface area contributed by atoms with Crippen molar-refractivity contribution in [1.29, 1.82) is 0 Å². The van der Waals surface area contributed by atoms with Crippen LogP contribution < -0.4 is 9.47 Å². The minimum Gasteiger partial charge on any atom is -0.467 e. The number of hydrogen-bond donors (Lipinski definition) is 0. The van der Waals surface area contributed by atoms with Crippen molar-refractivity contribution in [3.05, 3.63) is 24.3 Å². The van der Waals surface area contributed by atoms with Crippen LogP contribution in [0.2, 0.25) is 0 Å². The van der Waals surface area contributed by atoms with Gasteiger partial charge < -0.3 is 18.9 Å². The van der Waals surface area contributed by atoms with E-state index in [2.05, 4.69) is 0 Å². The van der Waals surface area contributed by atoms with Crippen molar-refractivity contribution in [3.63, 3.8) is 0 Å². The summed E-state index contributed by atoms with van der Waals surface area (Å²) in [5, 5.41) is 0. The monoisotopic (exact) mass is 334 g/mol. The molecule has 2 aliphatic carbocycles. The van der Waals surface area contributed by atoms with Crippen LogP contribution >= 0.6 is 0 Å². The molecule has 0 spiro atoms. The molecule has 0 saturated heterocycles. The molecule has 0 N–H and O–H groups in total. The number of rotatable bonds is 8. The van der Waals surface area contributed by atoms with E-state index in [4.69, 9.17) is 18.9 Å². The molecular weight excluding hydrogens is 304 g/mol. The van der Waals surface area contributed by atoms with Gasteiger partial charge >= 0.3 is 0 Å². The lowest BCUT2D eigenvalue weighted by Crippen LogP contribution is -2.19. The van der Waals surface area contributed by atoms with Gasteiger partial charge in [0.2, 0.25) is 0 Å². The first-order valence-corrected chi connectivity index (χ1v) is 9.49. The molecule has 2 aliphatic rings. The quantitative estimate of drug-likeness (QED) is 0.623. The maximum absolute atomic E-state index is 5.80. The Morgan fingerprint density at radius 2 is 1.12 bits per heavy atom. The Morgan fingerprint density at radius 1 is 0.667 bits per heavy atom. The van der Waals surface area contributed by atoms with Crippen molar-refractivity contribution in [2.45, 2.75) is 76.4 Å². The molecule has 0 aromatic heterocycles. The largest absolute Gasteiger partial charge is 0.467 e. The maximum atomic E-state index is 5.80. The molecule has 3 rings (SSSR count). The molecule has 0 bridgehead atoms. The van der Waals surface area contributed by atoms with Crippen LogP contribution in [0.4, 0.5) is 0 Å². The maximum Gasteiger partial charge on any atom is 0.189 e. The normalized spacial score (nSPS) is 20.0. The highest BCUT2D eigenvalue weighted by molar-refractivity contribution is 5.32. The highest BCUT2D eigenvalue weighted by atomic mass is 16.7. The summed E-state index contributed by atoms with van der Waals surface area (Å²) < 4.78 is 23.0. The second kappa shape index (κ2) is 9.90. The smallest absolute Gasteiger partial charge is 0.189 e. The SMILES string of the molecule is c1cc(OCOC2CCCCC2)cc(OCOC2CCCCC2)c1. The first-order chi connectivity index (χ1) is 11.9. The molecule has 0 aliphatic heterocycles. The van der Waals surface area contributed by atoms with Gasteiger partial charge in [-0.15, -0.1) is 0 Å². The van der Waals surface area contributed by atoms with Crippen molar-refractivity contribution in [1.82, 2.24) is 0 Å². The summed E-state index contributed by atoms with van der Waals surface area (Å²) in [7, 11) is 0. The van der Waals surface area contributed by atoms with Crippen LogP contribution in [-0.4, -0.2) is 25.8 Å². The standard InChI is InChI=1S/C20H30O4/c1-3-8-17(9-4-1)21-15-23-19-12-7-13-20(14-19)24-16-22-18-10-5-2-6-11-18/h7,12-14,17-18H,1-6,8-11,15-16H2. The van der Waals surface area contributed by atoms with Gasteiger partial charge in [-0.1, -0.05) is 44.6 Å². The predicted octanol–water partition coefficient (Wildman–Crippen LogP) is 5.06. The zero-order valence-corrected chi connectivity index (χ0v) is 14.6. The molecule has 0 radical (unpaired) electrons. The lowest BCUT2D eigenvalue weighted by Gasteiger charge is -2.22. The summed E-state index contributed by atoms with van der Waals surface area (Å²) in [6, 6.07) is 7.69. The topological polar surface area (TPSA) is 36.9 Å². The second-order valence-corrected chi connectivity index (χ2v) is 6.85. The van der Waals surface area contributed by atoms with Crippen molar-refractivity contribution < 1.29 is 18.9 Å². The van der Waals surface area contributed by atoms with E-state index in [9.17, 15) is 0 Å². The molecule has 0 heterocycles. The van der Waals surface area contributed by atoms with Crippen LogP contribution in [0.1, 0.15) is 64.2 Å². The van der Waals surface area contributed by atoms with Crippen LogP contribution in [0.3, 0.4) is 0 Å². The summed E-state index contributed by atoms with van der Waals surface area (Å²) in [6.45, 7) is 0.624. The molecule has 0 atom stereocenters. The van der Waals surface area contributed by atoms with Crippen LogP contribution in [0.15, 0.2) is 24.3 Å². The molecule has 1 aromatic carbocycles. The summed E-state index contributed by atoms with van der Waals surface area (Å²) in [5.41, 5.74) is 0. The van der Waals surface area contributed by atoms with E-state index in [1.165, 1.54) is 38.5 Å². The van der Waals surface area contributed by atoms with Crippen LogP contribution in [0.5, 0.6) is 11.5 Å². The van der Waals surface area contributed by atoms with E-state index in [0.29, 0.717) is 25.8 Å². The van der Waals surface area contributed by atoms with Gasteiger partial charge in [0.15, 0.2) is 13.6 Å². The summed E-state index contributed by atoms with van der Waals surface area (Å²) in [5.74, 6) is 1.56. The third-order valence-corrected chi connectivity index (χ3v) is 4.97. The third kappa shape index (κ3) is 5.99. The van der Waals surface area contributed by atoms with Gasteiger partial charge in [-0.05, 0) is 37.8 Å². The Balaban J connectivity index is 1.35. The van der Waals surface area contributed by atoms with Gasteiger partial charge in [0.25, 0.3) is 0 Å². The van der Waals surface area contributed by atoms with E-state index in [1.807, 2.05) is 24.3 Å². The molecule has 2 saturated carbocycles. The fourth-order valence-electron chi connectivity index (χ4n) is 3.51. The summed E-state index contributed by atoms with van der Waals surface area (Å²) in [6.07, 6.45) is 13.1. The van der Waals surface area contributed by atoms with E-state index in [-0.39, 0.29) is 0 Å². The first kappa shape index (κ1) is 17.6. The van der Waals surface area contributed by atoms with Gasteiger partial charge in [0, 0.05) is 6.07 Å². The lowest BCUT2D eigenvalue weighted by atomic mass is 9.98. The lowest BCUT2D eigenvalue weighted by molar-refractivity contribution is -0.0522. The zero-order chi connectivity index (χ0) is 16.5. The number of ether oxygens (including phenoxy) is 4. The molecule has 0 amide bonds. The Labute approximate surface area is 145 Å². The average molecular weight is 334 g/mol. The molecule has 24 heavy (non-hydrogen) atoms. The average Bonchev–Trinajstić information content (AvgIpc) is 2.64. The second-order valence-electron chi connectivity index (χ2n) is 6.85. The Kier molecular flexibility index (Phi) is 7.24. The van der Waals surface area contributed by atoms with Crippen molar-refractivity contribution in [2.24, 2.45) is 0 Å². The van der Waals surface area contributed by atoms with Gasteiger partial charge in [0.05, 0.1) is 12.2 Å². The molecular formula is C20H30O4. The van der Waals surface area contributed by atoms with Crippen LogP contribution in [0, 0.1) is 0 Å². The zero-order valence-electron chi connectivity index (χ0n) is 14.6. The van der Waals surface area contributed by atoms with Crippen LogP contribution in [0.25, 0.3) is 0 Å². The number of benzene rings is 1. The molecule has 2 fully saturated rings. The van der Waals surface area contributed by atoms with E-state index in [1.54, 1.807) is 0 Å². The predicted molar refractivity (Wildman–Crippen MR) is 93.3 cm³/mol. The van der Waals surface area contributed by atoms with E-state index >= 15 is 0 Å². The van der Waals surface area contributed by atoms with Gasteiger partial charge in [-0.3, -0.25) is 0 Å². The highest BCUT2D eigenvalue weighted by Gasteiger charge is 2.14. The number of hydrogen-bond acceptors (Lipinski definition) is 4. The van der Waals surface area contributed by atoms with Gasteiger partial charge in [-0.2, -0.15) is 0 Å². The van der Waals surface area contributed by atoms with Crippen LogP contribution in [-0.2, 0) is 9.47 Å².